The maximum absolute atomic E-state index is 12.7. The molecule has 174 valence electrons. The topological polar surface area (TPSA) is 102 Å². The maximum atomic E-state index is 12.7. The largest absolute Gasteiger partial charge is 0.483 e. The molecule has 10 heteroatoms. The van der Waals surface area contributed by atoms with E-state index < -0.39 is 16.0 Å². The van der Waals surface area contributed by atoms with Gasteiger partial charge in [-0.2, -0.15) is 4.31 Å². The lowest BCUT2D eigenvalue weighted by molar-refractivity contribution is -0.118. The molecule has 1 fully saturated rings. The molecule has 3 aromatic rings. The first-order valence-electron chi connectivity index (χ1n) is 10.4. The van der Waals surface area contributed by atoms with Gasteiger partial charge in [-0.05, 0) is 73.2 Å². The molecule has 1 aliphatic rings. The molecule has 1 aliphatic heterocycles. The highest BCUT2D eigenvalue weighted by Gasteiger charge is 2.27. The summed E-state index contributed by atoms with van der Waals surface area (Å²) in [5.74, 6) is -0.308. The summed E-state index contributed by atoms with van der Waals surface area (Å²) in [5.41, 5.74) is 1.21. The highest BCUT2D eigenvalue weighted by atomic mass is 32.2. The molecule has 0 saturated carbocycles. The Morgan fingerprint density at radius 1 is 1.09 bits per heavy atom. The van der Waals surface area contributed by atoms with Crippen LogP contribution in [0.25, 0.3) is 10.1 Å². The monoisotopic (exact) mass is 488 g/mol. The van der Waals surface area contributed by atoms with Crippen molar-refractivity contribution in [2.24, 2.45) is 0 Å². The van der Waals surface area contributed by atoms with Crippen LogP contribution in [0.5, 0.6) is 5.75 Å². The summed E-state index contributed by atoms with van der Waals surface area (Å²) in [6.45, 7) is 2.61. The number of nitrogens with zero attached hydrogens (tertiary/aromatic N) is 1. The highest BCUT2D eigenvalue weighted by Crippen LogP contribution is 2.29. The maximum Gasteiger partial charge on any atom is 0.348 e. The van der Waals surface area contributed by atoms with Crippen LogP contribution in [0, 0.1) is 6.92 Å². The minimum atomic E-state index is -3.50. The summed E-state index contributed by atoms with van der Waals surface area (Å²) in [5, 5.41) is 3.59. The molecule has 2 heterocycles. The van der Waals surface area contributed by atoms with E-state index >= 15 is 0 Å². The molecule has 1 aromatic heterocycles. The van der Waals surface area contributed by atoms with E-state index in [4.69, 9.17) is 9.47 Å². The molecule has 0 atom stereocenters. The predicted molar refractivity (Wildman–Crippen MR) is 126 cm³/mol. The molecular formula is C23H24N2O6S2. The highest BCUT2D eigenvalue weighted by molar-refractivity contribution is 7.89. The fraction of sp³-hybridized carbons (Fsp3) is 0.304. The van der Waals surface area contributed by atoms with Crippen molar-refractivity contribution < 1.29 is 27.5 Å². The van der Waals surface area contributed by atoms with E-state index in [2.05, 4.69) is 5.32 Å². The van der Waals surface area contributed by atoms with Crippen LogP contribution >= 0.6 is 11.3 Å². The van der Waals surface area contributed by atoms with Crippen LogP contribution in [0.4, 0.5) is 5.69 Å². The first-order valence-corrected chi connectivity index (χ1v) is 12.7. The Balaban J connectivity index is 1.39. The quantitative estimate of drug-likeness (QED) is 0.508. The van der Waals surface area contributed by atoms with Crippen molar-refractivity contribution >= 4 is 49.0 Å². The van der Waals surface area contributed by atoms with Crippen molar-refractivity contribution in [2.45, 2.75) is 24.7 Å². The smallest absolute Gasteiger partial charge is 0.348 e. The zero-order valence-electron chi connectivity index (χ0n) is 18.3. The summed E-state index contributed by atoms with van der Waals surface area (Å²) in [6, 6.07) is 11.7. The number of methoxy groups -OCH3 is 1. The zero-order chi connectivity index (χ0) is 23.6. The third-order valence-electron chi connectivity index (χ3n) is 5.39. The molecule has 1 N–H and O–H groups in total. The summed E-state index contributed by atoms with van der Waals surface area (Å²) < 4.78 is 38.2. The lowest BCUT2D eigenvalue weighted by atomic mass is 10.2. The minimum absolute atomic E-state index is 0.228. The number of esters is 1. The average molecular weight is 489 g/mol. The molecule has 0 spiro atoms. The fourth-order valence-electron chi connectivity index (χ4n) is 3.68. The molecule has 33 heavy (non-hydrogen) atoms. The van der Waals surface area contributed by atoms with E-state index in [9.17, 15) is 18.0 Å². The number of carbonyl (C=O) groups is 2. The first kappa shape index (κ1) is 23.2. The van der Waals surface area contributed by atoms with E-state index in [1.165, 1.54) is 28.8 Å². The molecule has 0 bridgehead atoms. The standard InChI is InChI=1S/C23H24N2O6S2/c1-15-11-18(33(28,29)25-9-3-4-10-25)6-7-19(15)31-14-22(26)24-17-5-8-20-16(12-17)13-21(32-20)23(27)30-2/h5-8,11-13H,3-4,9-10,14H2,1-2H3,(H,24,26). The Hall–Kier alpha value is -2.95. The number of benzene rings is 2. The summed E-state index contributed by atoms with van der Waals surface area (Å²) in [4.78, 5) is 24.8. The second kappa shape index (κ2) is 9.50. The van der Waals surface area contributed by atoms with Crippen molar-refractivity contribution in [1.29, 1.82) is 0 Å². The fourth-order valence-corrected chi connectivity index (χ4v) is 6.25. The number of thiophene rings is 1. The predicted octanol–water partition coefficient (Wildman–Crippen LogP) is 3.80. The van der Waals surface area contributed by atoms with Gasteiger partial charge in [-0.15, -0.1) is 11.3 Å². The van der Waals surface area contributed by atoms with E-state index in [0.717, 1.165) is 22.9 Å². The van der Waals surface area contributed by atoms with Gasteiger partial charge in [0.25, 0.3) is 5.91 Å². The van der Waals surface area contributed by atoms with Gasteiger partial charge in [-0.1, -0.05) is 0 Å². The molecular weight excluding hydrogens is 464 g/mol. The molecule has 8 nitrogen and oxygen atoms in total. The van der Waals surface area contributed by atoms with Gasteiger partial charge in [0.15, 0.2) is 6.61 Å². The number of anilines is 1. The van der Waals surface area contributed by atoms with Crippen LogP contribution in [0.1, 0.15) is 28.1 Å². The van der Waals surface area contributed by atoms with Gasteiger partial charge < -0.3 is 14.8 Å². The van der Waals surface area contributed by atoms with Crippen LogP contribution in [-0.2, 0) is 19.6 Å². The van der Waals surface area contributed by atoms with Gasteiger partial charge in [0.1, 0.15) is 10.6 Å². The van der Waals surface area contributed by atoms with Gasteiger partial charge >= 0.3 is 5.97 Å². The number of ether oxygens (including phenoxy) is 2. The normalized spacial score (nSPS) is 14.4. The Labute approximate surface area is 196 Å². The zero-order valence-corrected chi connectivity index (χ0v) is 19.9. The Bertz CT molecular complexity index is 1310. The number of nitrogens with one attached hydrogen (secondary N) is 1. The van der Waals surface area contributed by atoms with Gasteiger partial charge in [-0.3, -0.25) is 4.79 Å². The number of amides is 1. The van der Waals surface area contributed by atoms with Gasteiger partial charge in [0, 0.05) is 23.5 Å². The molecule has 2 aromatic carbocycles. The number of rotatable bonds is 7. The number of carbonyl (C=O) groups excluding carboxylic acids is 2. The Morgan fingerprint density at radius 3 is 2.55 bits per heavy atom. The van der Waals surface area contributed by atoms with Crippen LogP contribution < -0.4 is 10.1 Å². The van der Waals surface area contributed by atoms with E-state index in [1.807, 2.05) is 6.07 Å². The first-order chi connectivity index (χ1) is 15.8. The molecule has 0 unspecified atom stereocenters. The molecule has 0 aliphatic carbocycles. The van der Waals surface area contributed by atoms with Crippen LogP contribution in [0.2, 0.25) is 0 Å². The van der Waals surface area contributed by atoms with E-state index in [1.54, 1.807) is 37.3 Å². The second-order valence-electron chi connectivity index (χ2n) is 7.73. The van der Waals surface area contributed by atoms with E-state index in [0.29, 0.717) is 35.0 Å². The molecule has 0 radical (unpaired) electrons. The molecule has 1 amide bonds. The SMILES string of the molecule is COC(=O)c1cc2cc(NC(=O)COc3ccc(S(=O)(=O)N4CCCC4)cc3C)ccc2s1. The third kappa shape index (κ3) is 5.02. The van der Waals surface area contributed by atoms with Gasteiger partial charge in [0.05, 0.1) is 12.0 Å². The van der Waals surface area contributed by atoms with Crippen molar-refractivity contribution in [2.75, 3.05) is 32.1 Å². The number of sulfonamides is 1. The van der Waals surface area contributed by atoms with E-state index in [-0.39, 0.29) is 17.4 Å². The number of aryl methyl sites for hydroxylation is 1. The molecule has 4 rings (SSSR count). The van der Waals surface area contributed by atoms with Gasteiger partial charge in [-0.25, -0.2) is 13.2 Å². The number of fused-ring (bicyclic) bond motifs is 1. The molecule has 1 saturated heterocycles. The number of hydrogen-bond acceptors (Lipinski definition) is 7. The summed E-state index contributed by atoms with van der Waals surface area (Å²) in [6.07, 6.45) is 1.75. The van der Waals surface area contributed by atoms with Crippen LogP contribution in [-0.4, -0.2) is 51.4 Å². The summed E-state index contributed by atoms with van der Waals surface area (Å²) >= 11 is 1.32. The average Bonchev–Trinajstić information content (AvgIpc) is 3.48. The van der Waals surface area contributed by atoms with Crippen molar-refractivity contribution in [1.82, 2.24) is 4.31 Å². The van der Waals surface area contributed by atoms with Crippen molar-refractivity contribution in [3.05, 3.63) is 52.9 Å². The number of hydrogen-bond donors (Lipinski definition) is 1. The van der Waals surface area contributed by atoms with Crippen molar-refractivity contribution in [3.8, 4) is 5.75 Å². The minimum Gasteiger partial charge on any atom is -0.483 e. The lowest BCUT2D eigenvalue weighted by Crippen LogP contribution is -2.27. The van der Waals surface area contributed by atoms with Gasteiger partial charge in [0.2, 0.25) is 10.0 Å². The van der Waals surface area contributed by atoms with Crippen molar-refractivity contribution in [3.63, 3.8) is 0 Å². The second-order valence-corrected chi connectivity index (χ2v) is 10.8. The summed E-state index contributed by atoms with van der Waals surface area (Å²) in [7, 11) is -2.17. The lowest BCUT2D eigenvalue weighted by Gasteiger charge is -2.17. The Kier molecular flexibility index (Phi) is 6.68. The Morgan fingerprint density at radius 2 is 1.85 bits per heavy atom. The van der Waals surface area contributed by atoms with Crippen LogP contribution in [0.15, 0.2) is 47.4 Å². The van der Waals surface area contributed by atoms with Crippen LogP contribution in [0.3, 0.4) is 0 Å². The third-order valence-corrected chi connectivity index (χ3v) is 8.39.